The molecule has 0 aromatic heterocycles. The normalized spacial score (nSPS) is 15.7. The first-order valence-corrected chi connectivity index (χ1v) is 7.98. The van der Waals surface area contributed by atoms with Gasteiger partial charge in [0.05, 0.1) is 10.5 Å². The van der Waals surface area contributed by atoms with Gasteiger partial charge in [-0.25, -0.2) is 0 Å². The summed E-state index contributed by atoms with van der Waals surface area (Å²) in [6, 6.07) is 3.03. The Balaban J connectivity index is 2.11. The van der Waals surface area contributed by atoms with Gasteiger partial charge in [0, 0.05) is 19.2 Å². The van der Waals surface area contributed by atoms with E-state index in [-0.39, 0.29) is 22.8 Å². The number of hydrogen-bond donors (Lipinski definition) is 2. The van der Waals surface area contributed by atoms with Crippen molar-refractivity contribution in [1.82, 2.24) is 10.2 Å². The van der Waals surface area contributed by atoms with Crippen LogP contribution in [0.3, 0.4) is 0 Å². The summed E-state index contributed by atoms with van der Waals surface area (Å²) in [5.74, 6) is 0.361. The maximum Gasteiger partial charge on any atom is 0.293 e. The number of nitrogens with one attached hydrogen (secondary N) is 1. The van der Waals surface area contributed by atoms with Crippen LogP contribution in [0.5, 0.6) is 0 Å². The average Bonchev–Trinajstić information content (AvgIpc) is 2.54. The molecule has 0 saturated carbocycles. The highest BCUT2D eigenvalue weighted by molar-refractivity contribution is 6.01. The van der Waals surface area contributed by atoms with Crippen LogP contribution < -0.4 is 11.1 Å². The predicted octanol–water partition coefficient (Wildman–Crippen LogP) is 1.95. The molecule has 3 N–H and O–H groups in total. The van der Waals surface area contributed by atoms with E-state index in [9.17, 15) is 14.9 Å². The molecule has 0 radical (unpaired) electrons. The minimum atomic E-state index is -0.540. The number of aryl methyl sites for hydroxylation is 1. The second kappa shape index (κ2) is 7.41. The molecular weight excluding hydrogens is 296 g/mol. The van der Waals surface area contributed by atoms with Gasteiger partial charge < -0.3 is 16.0 Å². The summed E-state index contributed by atoms with van der Waals surface area (Å²) >= 11 is 0. The molecule has 1 aromatic carbocycles. The second-order valence-electron chi connectivity index (χ2n) is 6.05. The first-order chi connectivity index (χ1) is 10.9. The van der Waals surface area contributed by atoms with Crippen molar-refractivity contribution in [3.8, 4) is 0 Å². The number of rotatable bonds is 5. The third kappa shape index (κ3) is 3.98. The number of carbonyl (C=O) groups excluding carboxylic acids is 1. The molecular formula is C16H24N4O3. The standard InChI is InChI=1S/C16H24N4O3/c1-3-18-10-12-4-6-19(7-5-12)16(21)13-8-11(2)9-14(15(13)17)20(22)23/h8-9,12,18H,3-7,10,17H2,1-2H3. The maximum atomic E-state index is 12.7. The van der Waals surface area contributed by atoms with Crippen molar-refractivity contribution < 1.29 is 9.72 Å². The Morgan fingerprint density at radius 3 is 2.65 bits per heavy atom. The molecule has 0 aliphatic carbocycles. The van der Waals surface area contributed by atoms with Gasteiger partial charge in [0.1, 0.15) is 5.69 Å². The summed E-state index contributed by atoms with van der Waals surface area (Å²) in [5, 5.41) is 14.4. The van der Waals surface area contributed by atoms with Crippen LogP contribution in [0.4, 0.5) is 11.4 Å². The Morgan fingerprint density at radius 2 is 2.09 bits per heavy atom. The van der Waals surface area contributed by atoms with E-state index < -0.39 is 4.92 Å². The summed E-state index contributed by atoms with van der Waals surface area (Å²) in [7, 11) is 0. The monoisotopic (exact) mass is 320 g/mol. The Hall–Kier alpha value is -2.15. The third-order valence-corrected chi connectivity index (χ3v) is 4.31. The van der Waals surface area contributed by atoms with Crippen LogP contribution in [-0.2, 0) is 0 Å². The van der Waals surface area contributed by atoms with Crippen molar-refractivity contribution in [2.75, 3.05) is 31.9 Å². The largest absolute Gasteiger partial charge is 0.393 e. The van der Waals surface area contributed by atoms with E-state index in [1.165, 1.54) is 6.07 Å². The number of piperidine rings is 1. The number of nitrogen functional groups attached to an aromatic ring is 1. The summed E-state index contributed by atoms with van der Waals surface area (Å²) in [4.78, 5) is 24.9. The smallest absolute Gasteiger partial charge is 0.293 e. The molecule has 23 heavy (non-hydrogen) atoms. The Labute approximate surface area is 136 Å². The first-order valence-electron chi connectivity index (χ1n) is 7.98. The zero-order valence-electron chi connectivity index (χ0n) is 13.7. The fourth-order valence-electron chi connectivity index (χ4n) is 2.97. The molecule has 1 saturated heterocycles. The fraction of sp³-hybridized carbons (Fsp3) is 0.562. The van der Waals surface area contributed by atoms with Crippen molar-refractivity contribution >= 4 is 17.3 Å². The van der Waals surface area contributed by atoms with Gasteiger partial charge in [-0.1, -0.05) is 6.92 Å². The van der Waals surface area contributed by atoms with Gasteiger partial charge in [0.2, 0.25) is 0 Å². The average molecular weight is 320 g/mol. The van der Waals surface area contributed by atoms with Crippen LogP contribution in [0.15, 0.2) is 12.1 Å². The van der Waals surface area contributed by atoms with E-state index in [1.54, 1.807) is 17.9 Å². The van der Waals surface area contributed by atoms with Crippen LogP contribution in [0.1, 0.15) is 35.7 Å². The first kappa shape index (κ1) is 17.2. The highest BCUT2D eigenvalue weighted by Gasteiger charge is 2.27. The SMILES string of the molecule is CCNCC1CCN(C(=O)c2cc(C)cc([N+](=O)[O-])c2N)CC1. The van der Waals surface area contributed by atoms with E-state index in [0.29, 0.717) is 24.6 Å². The number of carbonyl (C=O) groups is 1. The number of nitro groups is 1. The van der Waals surface area contributed by atoms with Gasteiger partial charge in [-0.3, -0.25) is 14.9 Å². The lowest BCUT2D eigenvalue weighted by molar-refractivity contribution is -0.384. The van der Waals surface area contributed by atoms with Crippen LogP contribution in [0.2, 0.25) is 0 Å². The van der Waals surface area contributed by atoms with Crippen molar-refractivity contribution in [1.29, 1.82) is 0 Å². The Kier molecular flexibility index (Phi) is 5.54. The number of nitrogens with two attached hydrogens (primary N) is 1. The van der Waals surface area contributed by atoms with Crippen molar-refractivity contribution in [3.63, 3.8) is 0 Å². The number of hydrogen-bond acceptors (Lipinski definition) is 5. The molecule has 1 heterocycles. The van der Waals surface area contributed by atoms with Crippen molar-refractivity contribution in [2.24, 2.45) is 5.92 Å². The lowest BCUT2D eigenvalue weighted by Gasteiger charge is -2.32. The Bertz CT molecular complexity index is 595. The second-order valence-corrected chi connectivity index (χ2v) is 6.05. The zero-order valence-corrected chi connectivity index (χ0v) is 13.7. The van der Waals surface area contributed by atoms with Crippen molar-refractivity contribution in [3.05, 3.63) is 33.4 Å². The number of amides is 1. The van der Waals surface area contributed by atoms with E-state index in [1.807, 2.05) is 0 Å². The van der Waals surface area contributed by atoms with E-state index in [4.69, 9.17) is 5.73 Å². The zero-order chi connectivity index (χ0) is 17.0. The third-order valence-electron chi connectivity index (χ3n) is 4.31. The molecule has 0 bridgehead atoms. The number of anilines is 1. The van der Waals surface area contributed by atoms with Crippen LogP contribution >= 0.6 is 0 Å². The topological polar surface area (TPSA) is 102 Å². The molecule has 1 aliphatic rings. The summed E-state index contributed by atoms with van der Waals surface area (Å²) in [6.07, 6.45) is 1.87. The summed E-state index contributed by atoms with van der Waals surface area (Å²) < 4.78 is 0. The lowest BCUT2D eigenvalue weighted by atomic mass is 9.96. The molecule has 1 fully saturated rings. The van der Waals surface area contributed by atoms with Gasteiger partial charge in [0.25, 0.3) is 11.6 Å². The number of benzene rings is 1. The quantitative estimate of drug-likeness (QED) is 0.490. The van der Waals surface area contributed by atoms with Crippen LogP contribution in [0.25, 0.3) is 0 Å². The molecule has 7 heteroatoms. The minimum absolute atomic E-state index is 0.0413. The molecule has 126 valence electrons. The van der Waals surface area contributed by atoms with Gasteiger partial charge >= 0.3 is 0 Å². The van der Waals surface area contributed by atoms with Gasteiger partial charge in [0.15, 0.2) is 0 Å². The van der Waals surface area contributed by atoms with E-state index in [2.05, 4.69) is 12.2 Å². The van der Waals surface area contributed by atoms with Gasteiger partial charge in [-0.15, -0.1) is 0 Å². The number of nitro benzene ring substituents is 1. The number of likely N-dealkylation sites (tertiary alicyclic amines) is 1. The molecule has 1 amide bonds. The molecule has 1 aromatic rings. The number of nitrogens with zero attached hydrogens (tertiary/aromatic N) is 2. The van der Waals surface area contributed by atoms with E-state index >= 15 is 0 Å². The van der Waals surface area contributed by atoms with Crippen LogP contribution in [0, 0.1) is 23.0 Å². The molecule has 0 spiro atoms. The summed E-state index contributed by atoms with van der Waals surface area (Å²) in [5.41, 5.74) is 6.52. The predicted molar refractivity (Wildman–Crippen MR) is 89.4 cm³/mol. The van der Waals surface area contributed by atoms with Crippen molar-refractivity contribution in [2.45, 2.75) is 26.7 Å². The maximum absolute atomic E-state index is 12.7. The molecule has 7 nitrogen and oxygen atoms in total. The fourth-order valence-corrected chi connectivity index (χ4v) is 2.97. The molecule has 1 aliphatic heterocycles. The lowest BCUT2D eigenvalue weighted by Crippen LogP contribution is -2.41. The molecule has 2 rings (SSSR count). The Morgan fingerprint density at radius 1 is 1.43 bits per heavy atom. The molecule has 0 atom stereocenters. The van der Waals surface area contributed by atoms with Gasteiger partial charge in [-0.05, 0) is 50.4 Å². The highest BCUT2D eigenvalue weighted by Crippen LogP contribution is 2.29. The highest BCUT2D eigenvalue weighted by atomic mass is 16.6. The summed E-state index contributed by atoms with van der Waals surface area (Å²) in [6.45, 7) is 7.04. The molecule has 0 unspecified atom stereocenters. The van der Waals surface area contributed by atoms with Gasteiger partial charge in [-0.2, -0.15) is 0 Å². The van der Waals surface area contributed by atoms with Crippen LogP contribution in [-0.4, -0.2) is 41.9 Å². The van der Waals surface area contributed by atoms with E-state index in [0.717, 1.165) is 25.9 Å². The minimum Gasteiger partial charge on any atom is -0.393 e.